The van der Waals surface area contributed by atoms with Gasteiger partial charge < -0.3 is 20.1 Å². The molecule has 2 rings (SSSR count). The lowest BCUT2D eigenvalue weighted by atomic mass is 9.67. The molecule has 0 aromatic rings. The Hall–Kier alpha value is -0.810. The van der Waals surface area contributed by atoms with Crippen molar-refractivity contribution in [1.29, 1.82) is 0 Å². The molecule has 0 aromatic carbocycles. The molecule has 2 aliphatic rings. The van der Waals surface area contributed by atoms with E-state index in [2.05, 4.69) is 22.5 Å². The maximum atomic E-state index is 5.71. The highest BCUT2D eigenvalue weighted by molar-refractivity contribution is 5.79. The molecule has 0 aromatic heterocycles. The van der Waals surface area contributed by atoms with E-state index in [0.29, 0.717) is 11.3 Å². The normalized spacial score (nSPS) is 24.1. The summed E-state index contributed by atoms with van der Waals surface area (Å²) in [5, 5.41) is 6.86. The van der Waals surface area contributed by atoms with E-state index in [1.807, 2.05) is 7.05 Å². The van der Waals surface area contributed by atoms with E-state index in [-0.39, 0.29) is 0 Å². The highest BCUT2D eigenvalue weighted by Gasteiger charge is 2.34. The van der Waals surface area contributed by atoms with E-state index in [4.69, 9.17) is 9.47 Å². The number of hydrogen-bond donors (Lipinski definition) is 2. The molecule has 0 spiro atoms. The van der Waals surface area contributed by atoms with Crippen molar-refractivity contribution >= 4 is 5.96 Å². The summed E-state index contributed by atoms with van der Waals surface area (Å²) in [6.45, 7) is 7.65. The first-order valence-electron chi connectivity index (χ1n) is 8.88. The molecule has 128 valence electrons. The van der Waals surface area contributed by atoms with Crippen molar-refractivity contribution in [3.8, 4) is 0 Å². The highest BCUT2D eigenvalue weighted by atomic mass is 16.5. The second-order valence-corrected chi connectivity index (χ2v) is 6.72. The second-order valence-electron chi connectivity index (χ2n) is 6.72. The lowest BCUT2D eigenvalue weighted by Gasteiger charge is -2.41. The predicted octanol–water partition coefficient (Wildman–Crippen LogP) is 2.17. The molecule has 0 amide bonds. The van der Waals surface area contributed by atoms with E-state index in [9.17, 15) is 0 Å². The van der Waals surface area contributed by atoms with E-state index in [1.165, 1.54) is 25.7 Å². The van der Waals surface area contributed by atoms with Crippen molar-refractivity contribution in [2.75, 3.05) is 46.6 Å². The number of aliphatic imine (C=N–C) groups is 1. The summed E-state index contributed by atoms with van der Waals surface area (Å²) < 4.78 is 11.1. The Morgan fingerprint density at radius 1 is 1.36 bits per heavy atom. The monoisotopic (exact) mass is 311 g/mol. The van der Waals surface area contributed by atoms with Crippen LogP contribution in [-0.4, -0.2) is 52.5 Å². The van der Waals surface area contributed by atoms with Gasteiger partial charge in [0.15, 0.2) is 5.96 Å². The summed E-state index contributed by atoms with van der Waals surface area (Å²) in [5.74, 6) is 1.53. The van der Waals surface area contributed by atoms with Gasteiger partial charge in [-0.2, -0.15) is 0 Å². The fourth-order valence-corrected chi connectivity index (χ4v) is 3.17. The summed E-state index contributed by atoms with van der Waals surface area (Å²) in [6.07, 6.45) is 7.50. The average Bonchev–Trinajstić information content (AvgIpc) is 3.01. The van der Waals surface area contributed by atoms with Crippen molar-refractivity contribution in [3.05, 3.63) is 0 Å². The van der Waals surface area contributed by atoms with Crippen molar-refractivity contribution in [2.45, 2.75) is 45.4 Å². The number of ether oxygens (including phenoxy) is 2. The third kappa shape index (κ3) is 5.43. The summed E-state index contributed by atoms with van der Waals surface area (Å²) in [7, 11) is 1.84. The average molecular weight is 311 g/mol. The Balaban J connectivity index is 1.49. The van der Waals surface area contributed by atoms with Crippen LogP contribution in [0.5, 0.6) is 0 Å². The van der Waals surface area contributed by atoms with Crippen LogP contribution in [0.1, 0.15) is 45.4 Å². The lowest BCUT2D eigenvalue weighted by Crippen LogP contribution is -2.46. The zero-order valence-electron chi connectivity index (χ0n) is 14.3. The van der Waals surface area contributed by atoms with Crippen LogP contribution in [0, 0.1) is 11.3 Å². The fraction of sp³-hybridized carbons (Fsp3) is 0.941. The lowest BCUT2D eigenvalue weighted by molar-refractivity contribution is 0.0887. The van der Waals surface area contributed by atoms with Gasteiger partial charge in [-0.25, -0.2) is 0 Å². The molecule has 2 N–H and O–H groups in total. The van der Waals surface area contributed by atoms with Crippen molar-refractivity contribution < 1.29 is 9.47 Å². The zero-order valence-corrected chi connectivity index (χ0v) is 14.3. The Labute approximate surface area is 135 Å². The Morgan fingerprint density at radius 3 is 2.82 bits per heavy atom. The molecule has 1 aliphatic carbocycles. The van der Waals surface area contributed by atoms with Gasteiger partial charge in [0.05, 0.1) is 13.2 Å². The summed E-state index contributed by atoms with van der Waals surface area (Å²) >= 11 is 0. The van der Waals surface area contributed by atoms with E-state index in [0.717, 1.165) is 58.3 Å². The quantitative estimate of drug-likeness (QED) is 0.389. The van der Waals surface area contributed by atoms with Crippen LogP contribution in [0.15, 0.2) is 4.99 Å². The van der Waals surface area contributed by atoms with E-state index >= 15 is 0 Å². The first-order chi connectivity index (χ1) is 10.8. The number of hydrogen-bond acceptors (Lipinski definition) is 3. The van der Waals surface area contributed by atoms with Gasteiger partial charge >= 0.3 is 0 Å². The van der Waals surface area contributed by atoms with Gasteiger partial charge in [0.2, 0.25) is 0 Å². The molecule has 5 heteroatoms. The Morgan fingerprint density at radius 2 is 2.23 bits per heavy atom. The SMILES string of the molecule is CCC1(CNC(=NC)NCCCOCC2CCOC2)CCC1. The number of guanidine groups is 1. The third-order valence-corrected chi connectivity index (χ3v) is 5.15. The van der Waals surface area contributed by atoms with Gasteiger partial charge in [-0.3, -0.25) is 4.99 Å². The second kappa shape index (κ2) is 9.36. The molecule has 1 heterocycles. The van der Waals surface area contributed by atoms with Crippen LogP contribution in [0.4, 0.5) is 0 Å². The molecule has 1 aliphatic heterocycles. The topological polar surface area (TPSA) is 54.9 Å². The van der Waals surface area contributed by atoms with Gasteiger partial charge in [-0.05, 0) is 37.5 Å². The van der Waals surface area contributed by atoms with Crippen molar-refractivity contribution in [1.82, 2.24) is 10.6 Å². The number of nitrogens with zero attached hydrogens (tertiary/aromatic N) is 1. The third-order valence-electron chi connectivity index (χ3n) is 5.15. The summed E-state index contributed by atoms with van der Waals surface area (Å²) in [4.78, 5) is 4.30. The fourth-order valence-electron chi connectivity index (χ4n) is 3.17. The molecule has 0 bridgehead atoms. The first-order valence-corrected chi connectivity index (χ1v) is 8.88. The van der Waals surface area contributed by atoms with Crippen LogP contribution in [0.25, 0.3) is 0 Å². The van der Waals surface area contributed by atoms with Crippen molar-refractivity contribution in [3.63, 3.8) is 0 Å². The minimum Gasteiger partial charge on any atom is -0.381 e. The summed E-state index contributed by atoms with van der Waals surface area (Å²) in [6, 6.07) is 0. The van der Waals surface area contributed by atoms with E-state index < -0.39 is 0 Å². The van der Waals surface area contributed by atoms with Crippen LogP contribution in [0.3, 0.4) is 0 Å². The minimum atomic E-state index is 0.518. The molecule has 1 saturated heterocycles. The first kappa shape index (κ1) is 17.5. The smallest absolute Gasteiger partial charge is 0.190 e. The molecule has 5 nitrogen and oxygen atoms in total. The molecule has 1 unspecified atom stereocenters. The van der Waals surface area contributed by atoms with Crippen LogP contribution < -0.4 is 10.6 Å². The molecule has 0 radical (unpaired) electrons. The molecular weight excluding hydrogens is 278 g/mol. The van der Waals surface area contributed by atoms with Gasteiger partial charge in [0.1, 0.15) is 0 Å². The predicted molar refractivity (Wildman–Crippen MR) is 90.3 cm³/mol. The minimum absolute atomic E-state index is 0.518. The van der Waals surface area contributed by atoms with Gasteiger partial charge in [-0.15, -0.1) is 0 Å². The van der Waals surface area contributed by atoms with Crippen LogP contribution in [-0.2, 0) is 9.47 Å². The Bertz CT molecular complexity index is 331. The van der Waals surface area contributed by atoms with Gasteiger partial charge in [0.25, 0.3) is 0 Å². The number of rotatable bonds is 9. The maximum absolute atomic E-state index is 5.71. The standard InChI is InChI=1S/C17H33N3O2/c1-3-17(7-4-8-17)14-20-16(18-2)19-9-5-10-21-12-15-6-11-22-13-15/h15H,3-14H2,1-2H3,(H2,18,19,20). The molecule has 1 saturated carbocycles. The summed E-state index contributed by atoms with van der Waals surface area (Å²) in [5.41, 5.74) is 0.518. The highest BCUT2D eigenvalue weighted by Crippen LogP contribution is 2.42. The van der Waals surface area contributed by atoms with Gasteiger partial charge in [0, 0.05) is 39.3 Å². The Kier molecular flexibility index (Phi) is 7.46. The largest absolute Gasteiger partial charge is 0.381 e. The van der Waals surface area contributed by atoms with Gasteiger partial charge in [-0.1, -0.05) is 13.3 Å². The van der Waals surface area contributed by atoms with E-state index in [1.54, 1.807) is 0 Å². The van der Waals surface area contributed by atoms with Crippen molar-refractivity contribution in [2.24, 2.45) is 16.3 Å². The molecule has 22 heavy (non-hydrogen) atoms. The van der Waals surface area contributed by atoms with Crippen LogP contribution in [0.2, 0.25) is 0 Å². The molecular formula is C17H33N3O2. The molecule has 1 atom stereocenters. The van der Waals surface area contributed by atoms with Crippen LogP contribution >= 0.6 is 0 Å². The molecule has 2 fully saturated rings. The zero-order chi connectivity index (χ0) is 15.7. The number of nitrogens with one attached hydrogen (secondary N) is 2. The maximum Gasteiger partial charge on any atom is 0.190 e.